The molecule has 0 bridgehead atoms. The summed E-state index contributed by atoms with van der Waals surface area (Å²) < 4.78 is 36.7. The Labute approximate surface area is 508 Å². The van der Waals surface area contributed by atoms with Gasteiger partial charge in [-0.3, -0.25) is 0 Å². The summed E-state index contributed by atoms with van der Waals surface area (Å²) in [6, 6.07) is 76.5. The van der Waals surface area contributed by atoms with E-state index in [0.717, 1.165) is 111 Å². The molecule has 0 radical (unpaired) electrons. The highest BCUT2D eigenvalue weighted by Gasteiger charge is 2.30. The molecule has 0 fully saturated rings. The first kappa shape index (κ1) is 57.6. The molecule has 430 valence electrons. The number of benzene rings is 12. The highest BCUT2D eigenvalue weighted by molar-refractivity contribution is 6.28. The molecular formula is C82H78F2N2. The maximum absolute atomic E-state index is 18.4. The van der Waals surface area contributed by atoms with Gasteiger partial charge < -0.3 is 9.80 Å². The molecule has 0 heterocycles. The SMILES string of the molecule is Cc1ccc(N(c2c(F)cc(-c3ccc(C(C)(C)C)cc3)cc2-c2ccc(C(C)(C)C)cc2)c2ccc3ccc4c(N(c5ccc(C)cc5)c5c(F)cc(-c6ccc(C(C)(C)C)cc6)cc5-c5ccc(C(C)(C)C)cc5)ccc5ccc2c3c54)cc1. The van der Waals surface area contributed by atoms with Crippen molar-refractivity contribution in [1.29, 1.82) is 0 Å². The van der Waals surface area contributed by atoms with E-state index >= 15 is 8.78 Å². The van der Waals surface area contributed by atoms with Gasteiger partial charge in [0.05, 0.1) is 22.7 Å². The van der Waals surface area contributed by atoms with Gasteiger partial charge >= 0.3 is 0 Å². The third-order valence-corrected chi connectivity index (χ3v) is 17.6. The van der Waals surface area contributed by atoms with Crippen LogP contribution in [0.1, 0.15) is 116 Å². The third-order valence-electron chi connectivity index (χ3n) is 17.6. The van der Waals surface area contributed by atoms with Crippen molar-refractivity contribution in [2.45, 2.75) is 119 Å². The molecule has 0 saturated carbocycles. The van der Waals surface area contributed by atoms with Gasteiger partial charge in [0.25, 0.3) is 0 Å². The molecule has 0 spiro atoms. The first-order chi connectivity index (χ1) is 40.8. The Morgan fingerprint density at radius 1 is 0.279 bits per heavy atom. The van der Waals surface area contributed by atoms with Gasteiger partial charge in [-0.05, 0) is 173 Å². The highest BCUT2D eigenvalue weighted by atomic mass is 19.1. The van der Waals surface area contributed by atoms with Crippen LogP contribution < -0.4 is 9.80 Å². The lowest BCUT2D eigenvalue weighted by atomic mass is 9.85. The molecule has 0 N–H and O–H groups in total. The van der Waals surface area contributed by atoms with E-state index in [2.05, 4.69) is 313 Å². The van der Waals surface area contributed by atoms with Gasteiger partial charge in [-0.15, -0.1) is 0 Å². The van der Waals surface area contributed by atoms with Crippen molar-refractivity contribution >= 4 is 66.4 Å². The summed E-state index contributed by atoms with van der Waals surface area (Å²) >= 11 is 0. The number of hydrogen-bond acceptors (Lipinski definition) is 2. The fourth-order valence-corrected chi connectivity index (χ4v) is 12.4. The molecule has 0 aliphatic carbocycles. The summed E-state index contributed by atoms with van der Waals surface area (Å²) in [7, 11) is 0. The molecule has 0 saturated heterocycles. The monoisotopic (exact) mass is 1130 g/mol. The average Bonchev–Trinajstić information content (AvgIpc) is 1.15. The molecule has 4 heteroatoms. The van der Waals surface area contributed by atoms with E-state index in [-0.39, 0.29) is 33.3 Å². The number of nitrogens with zero attached hydrogens (tertiary/aromatic N) is 2. The lowest BCUT2D eigenvalue weighted by Crippen LogP contribution is -2.15. The lowest BCUT2D eigenvalue weighted by molar-refractivity contribution is 0.590. The number of hydrogen-bond donors (Lipinski definition) is 0. The minimum absolute atomic E-state index is 0.0296. The Bertz CT molecular complexity index is 4180. The van der Waals surface area contributed by atoms with E-state index in [9.17, 15) is 0 Å². The quantitative estimate of drug-likeness (QED) is 0.126. The zero-order valence-corrected chi connectivity index (χ0v) is 52.4. The molecular weight excluding hydrogens is 1050 g/mol. The molecule has 0 aliphatic heterocycles. The van der Waals surface area contributed by atoms with E-state index in [1.807, 2.05) is 0 Å². The number of anilines is 6. The van der Waals surface area contributed by atoms with Crippen molar-refractivity contribution in [2.24, 2.45) is 0 Å². The van der Waals surface area contributed by atoms with Gasteiger partial charge in [-0.1, -0.05) is 252 Å². The van der Waals surface area contributed by atoms with Crippen LogP contribution in [0.3, 0.4) is 0 Å². The second-order valence-corrected chi connectivity index (χ2v) is 28.0. The van der Waals surface area contributed by atoms with Gasteiger partial charge in [0.1, 0.15) is 11.6 Å². The number of aryl methyl sites for hydroxylation is 2. The van der Waals surface area contributed by atoms with Crippen LogP contribution in [0.4, 0.5) is 42.9 Å². The molecule has 0 aromatic heterocycles. The Balaban J connectivity index is 1.10. The van der Waals surface area contributed by atoms with Crippen molar-refractivity contribution in [3.05, 3.63) is 263 Å². The normalized spacial score (nSPS) is 12.4. The lowest BCUT2D eigenvalue weighted by Gasteiger charge is -2.32. The van der Waals surface area contributed by atoms with Crippen molar-refractivity contribution in [3.8, 4) is 44.5 Å². The van der Waals surface area contributed by atoms with Crippen LogP contribution in [0.15, 0.2) is 218 Å². The second-order valence-electron chi connectivity index (χ2n) is 28.0. The van der Waals surface area contributed by atoms with Crippen LogP contribution in [0.5, 0.6) is 0 Å². The Morgan fingerprint density at radius 2 is 0.558 bits per heavy atom. The molecule has 0 atom stereocenters. The first-order valence-electron chi connectivity index (χ1n) is 30.3. The van der Waals surface area contributed by atoms with Crippen LogP contribution >= 0.6 is 0 Å². The van der Waals surface area contributed by atoms with Crippen LogP contribution in [0, 0.1) is 25.5 Å². The molecule has 0 unspecified atom stereocenters. The molecule has 12 aromatic carbocycles. The Kier molecular flexibility index (Phi) is 14.4. The summed E-state index contributed by atoms with van der Waals surface area (Å²) in [4.78, 5) is 4.26. The fourth-order valence-electron chi connectivity index (χ4n) is 12.4. The van der Waals surface area contributed by atoms with Gasteiger partial charge in [0, 0.05) is 33.3 Å². The highest BCUT2D eigenvalue weighted by Crippen LogP contribution is 2.52. The number of halogens is 2. The largest absolute Gasteiger partial charge is 0.307 e. The predicted molar refractivity (Wildman–Crippen MR) is 365 cm³/mol. The second kappa shape index (κ2) is 21.6. The van der Waals surface area contributed by atoms with Crippen LogP contribution in [0.25, 0.3) is 76.8 Å². The summed E-state index contributed by atoms with van der Waals surface area (Å²) in [6.07, 6.45) is 0. The zero-order chi connectivity index (χ0) is 60.8. The summed E-state index contributed by atoms with van der Waals surface area (Å²) in [6.45, 7) is 30.8. The maximum atomic E-state index is 18.4. The van der Waals surface area contributed by atoms with Crippen molar-refractivity contribution in [2.75, 3.05) is 9.80 Å². The molecule has 2 nitrogen and oxygen atoms in total. The van der Waals surface area contributed by atoms with E-state index < -0.39 is 0 Å². The van der Waals surface area contributed by atoms with Crippen molar-refractivity contribution in [3.63, 3.8) is 0 Å². The van der Waals surface area contributed by atoms with Gasteiger partial charge in [0.2, 0.25) is 0 Å². The maximum Gasteiger partial charge on any atom is 0.148 e. The standard InChI is InChI=1S/C82H78F2N2/c1-51-15-39-65(40-16-51)85(77-69(55-23-35-63(36-24-55)81(9,10)11)47-59(49-71(77)83)53-19-31-61(32-20-53)79(3,4)5)73-45-29-57-28-44-68-74(46-30-58-27-43-67(73)75(57)76(58)68)86(66-41-17-52(2)18-42-66)78-70(56-25-37-64(38-26-56)82(12,13)14)48-60(50-72(78)84)54-21-33-62(34-22-54)80(6,7)8/h15-50H,1-14H3. The van der Waals surface area contributed by atoms with Gasteiger partial charge in [-0.2, -0.15) is 0 Å². The molecule has 12 rings (SSSR count). The summed E-state index contributed by atoms with van der Waals surface area (Å²) in [5, 5.41) is 6.10. The molecule has 86 heavy (non-hydrogen) atoms. The van der Waals surface area contributed by atoms with Gasteiger partial charge in [0.15, 0.2) is 0 Å². The summed E-state index contributed by atoms with van der Waals surface area (Å²) in [5.74, 6) is -0.670. The van der Waals surface area contributed by atoms with E-state index in [0.29, 0.717) is 11.4 Å². The van der Waals surface area contributed by atoms with E-state index in [1.165, 1.54) is 22.3 Å². The third kappa shape index (κ3) is 10.8. The molecule has 0 aliphatic rings. The fraction of sp³-hybridized carbons (Fsp3) is 0.220. The first-order valence-corrected chi connectivity index (χ1v) is 30.3. The van der Waals surface area contributed by atoms with Crippen LogP contribution in [0.2, 0.25) is 0 Å². The zero-order valence-electron chi connectivity index (χ0n) is 52.4. The number of rotatable bonds is 10. The minimum atomic E-state index is -0.335. The van der Waals surface area contributed by atoms with Gasteiger partial charge in [-0.25, -0.2) is 8.78 Å². The average molecular weight is 1130 g/mol. The van der Waals surface area contributed by atoms with Crippen molar-refractivity contribution in [1.82, 2.24) is 0 Å². The molecule has 0 amide bonds. The Morgan fingerprint density at radius 3 is 0.849 bits per heavy atom. The van der Waals surface area contributed by atoms with Crippen LogP contribution in [-0.2, 0) is 21.7 Å². The smallest absolute Gasteiger partial charge is 0.148 e. The van der Waals surface area contributed by atoms with E-state index in [4.69, 9.17) is 0 Å². The predicted octanol–water partition coefficient (Wildman–Crippen LogP) is 24.3. The Hall–Kier alpha value is -8.86. The topological polar surface area (TPSA) is 6.48 Å². The van der Waals surface area contributed by atoms with Crippen molar-refractivity contribution < 1.29 is 8.78 Å². The summed E-state index contributed by atoms with van der Waals surface area (Å²) in [5.41, 5.74) is 18.0. The van der Waals surface area contributed by atoms with E-state index in [1.54, 1.807) is 12.1 Å². The molecule has 12 aromatic rings. The minimum Gasteiger partial charge on any atom is -0.307 e. The van der Waals surface area contributed by atoms with Crippen LogP contribution in [-0.4, -0.2) is 0 Å².